The normalized spacial score (nSPS) is 17.9. The zero-order valence-electron chi connectivity index (χ0n) is 14.2. The number of alkyl halides is 3. The van der Waals surface area contributed by atoms with Crippen molar-refractivity contribution in [2.45, 2.75) is 31.6 Å². The standard InChI is InChI=1S/C15H18BrN3O.C2HF3O2/c16-14-6-2-1-5-13(14)15-18-12(10-20-15)9-19-7-3-4-11(17)8-19;3-2(4,5)1(6)7/h1-2,5-6,10-11H,3-4,7-9,17H2;(H,6,7). The maximum Gasteiger partial charge on any atom is 0.490 e. The number of halogens is 4. The predicted molar refractivity (Wildman–Crippen MR) is 95.8 cm³/mol. The Morgan fingerprint density at radius 1 is 1.41 bits per heavy atom. The van der Waals surface area contributed by atoms with E-state index >= 15 is 0 Å². The lowest BCUT2D eigenvalue weighted by molar-refractivity contribution is -0.192. The van der Waals surface area contributed by atoms with Gasteiger partial charge in [-0.3, -0.25) is 4.90 Å². The number of carboxylic acids is 1. The van der Waals surface area contributed by atoms with E-state index in [1.54, 1.807) is 6.26 Å². The summed E-state index contributed by atoms with van der Waals surface area (Å²) in [6, 6.07) is 8.23. The van der Waals surface area contributed by atoms with Crippen LogP contribution in [0.2, 0.25) is 0 Å². The summed E-state index contributed by atoms with van der Waals surface area (Å²) in [4.78, 5) is 15.8. The second kappa shape index (κ2) is 9.34. The molecule has 0 aliphatic carbocycles. The lowest BCUT2D eigenvalue weighted by Gasteiger charge is -2.29. The Morgan fingerprint density at radius 3 is 2.67 bits per heavy atom. The van der Waals surface area contributed by atoms with Crippen molar-refractivity contribution < 1.29 is 27.5 Å². The molecule has 1 aliphatic rings. The molecule has 1 saturated heterocycles. The Hall–Kier alpha value is -1.91. The second-order valence-electron chi connectivity index (χ2n) is 6.06. The van der Waals surface area contributed by atoms with E-state index in [9.17, 15) is 13.2 Å². The third kappa shape index (κ3) is 6.64. The molecule has 3 N–H and O–H groups in total. The quantitative estimate of drug-likeness (QED) is 0.742. The number of carboxylic acid groups (broad SMARTS) is 1. The molecule has 1 aromatic heterocycles. The fourth-order valence-electron chi connectivity index (χ4n) is 2.60. The highest BCUT2D eigenvalue weighted by molar-refractivity contribution is 9.10. The van der Waals surface area contributed by atoms with Crippen LogP contribution >= 0.6 is 15.9 Å². The smallest absolute Gasteiger partial charge is 0.475 e. The van der Waals surface area contributed by atoms with Crippen LogP contribution in [0.25, 0.3) is 11.5 Å². The van der Waals surface area contributed by atoms with Gasteiger partial charge >= 0.3 is 12.1 Å². The van der Waals surface area contributed by atoms with E-state index in [-0.39, 0.29) is 0 Å². The first-order valence-electron chi connectivity index (χ1n) is 8.14. The zero-order valence-corrected chi connectivity index (χ0v) is 15.8. The second-order valence-corrected chi connectivity index (χ2v) is 6.92. The minimum Gasteiger partial charge on any atom is -0.475 e. The number of nitrogens with zero attached hydrogens (tertiary/aromatic N) is 2. The molecule has 148 valence electrons. The molecule has 1 unspecified atom stereocenters. The molecule has 1 atom stereocenters. The predicted octanol–water partition coefficient (Wildman–Crippen LogP) is 3.66. The summed E-state index contributed by atoms with van der Waals surface area (Å²) in [6.45, 7) is 2.84. The van der Waals surface area contributed by atoms with Gasteiger partial charge in [0.1, 0.15) is 6.26 Å². The minimum absolute atomic E-state index is 0.290. The Labute approximate surface area is 162 Å². The largest absolute Gasteiger partial charge is 0.490 e. The summed E-state index contributed by atoms with van der Waals surface area (Å²) < 4.78 is 38.3. The molecule has 1 aromatic carbocycles. The van der Waals surface area contributed by atoms with Crippen molar-refractivity contribution >= 4 is 21.9 Å². The number of hydrogen-bond acceptors (Lipinski definition) is 5. The van der Waals surface area contributed by atoms with E-state index in [4.69, 9.17) is 20.1 Å². The van der Waals surface area contributed by atoms with Gasteiger partial charge in [0, 0.05) is 23.6 Å². The van der Waals surface area contributed by atoms with E-state index in [0.29, 0.717) is 11.9 Å². The van der Waals surface area contributed by atoms with Gasteiger partial charge in [-0.1, -0.05) is 12.1 Å². The monoisotopic (exact) mass is 449 g/mol. The van der Waals surface area contributed by atoms with Gasteiger partial charge in [-0.15, -0.1) is 0 Å². The van der Waals surface area contributed by atoms with E-state index in [2.05, 4.69) is 25.8 Å². The number of likely N-dealkylation sites (tertiary alicyclic amines) is 1. The van der Waals surface area contributed by atoms with Crippen molar-refractivity contribution in [2.75, 3.05) is 13.1 Å². The number of carbonyl (C=O) groups is 1. The summed E-state index contributed by atoms with van der Waals surface area (Å²) in [5.74, 6) is -2.10. The van der Waals surface area contributed by atoms with Crippen LogP contribution in [0.15, 0.2) is 39.4 Å². The van der Waals surface area contributed by atoms with Crippen LogP contribution in [-0.2, 0) is 11.3 Å². The van der Waals surface area contributed by atoms with Crippen molar-refractivity contribution in [1.82, 2.24) is 9.88 Å². The third-order valence-electron chi connectivity index (χ3n) is 3.83. The van der Waals surface area contributed by atoms with Crippen LogP contribution < -0.4 is 5.73 Å². The molecular weight excluding hydrogens is 431 g/mol. The highest BCUT2D eigenvalue weighted by Crippen LogP contribution is 2.27. The molecule has 10 heteroatoms. The summed E-state index contributed by atoms with van der Waals surface area (Å²) in [5.41, 5.74) is 7.95. The number of benzene rings is 1. The maximum absolute atomic E-state index is 10.6. The first-order valence-corrected chi connectivity index (χ1v) is 8.93. The summed E-state index contributed by atoms with van der Waals surface area (Å²) in [5, 5.41) is 7.12. The van der Waals surface area contributed by atoms with Crippen molar-refractivity contribution in [3.63, 3.8) is 0 Å². The number of nitrogens with two attached hydrogens (primary N) is 1. The van der Waals surface area contributed by atoms with E-state index in [1.165, 1.54) is 0 Å². The fraction of sp³-hybridized carbons (Fsp3) is 0.412. The van der Waals surface area contributed by atoms with Crippen molar-refractivity contribution in [3.05, 3.63) is 40.7 Å². The highest BCUT2D eigenvalue weighted by atomic mass is 79.9. The average molecular weight is 450 g/mol. The SMILES string of the molecule is NC1CCCN(Cc2coc(-c3ccccc3Br)n2)C1.O=C(O)C(F)(F)F. The summed E-state index contributed by atoms with van der Waals surface area (Å²) >= 11 is 3.52. The minimum atomic E-state index is -5.08. The van der Waals surface area contributed by atoms with Crippen LogP contribution in [0.1, 0.15) is 18.5 Å². The van der Waals surface area contributed by atoms with Crippen LogP contribution in [0, 0.1) is 0 Å². The molecule has 0 bridgehead atoms. The van der Waals surface area contributed by atoms with Gasteiger partial charge < -0.3 is 15.3 Å². The van der Waals surface area contributed by atoms with Gasteiger partial charge in [0.2, 0.25) is 5.89 Å². The fourth-order valence-corrected chi connectivity index (χ4v) is 3.06. The summed E-state index contributed by atoms with van der Waals surface area (Å²) in [7, 11) is 0. The molecule has 0 spiro atoms. The van der Waals surface area contributed by atoms with Gasteiger partial charge in [0.25, 0.3) is 0 Å². The first kappa shape index (κ1) is 21.4. The Balaban J connectivity index is 0.000000321. The number of piperidine rings is 1. The number of aliphatic carboxylic acids is 1. The van der Waals surface area contributed by atoms with Crippen LogP contribution in [0.5, 0.6) is 0 Å². The van der Waals surface area contributed by atoms with Gasteiger partial charge in [0.05, 0.1) is 11.3 Å². The summed E-state index contributed by atoms with van der Waals surface area (Å²) in [6.07, 6.45) is -1.05. The lowest BCUT2D eigenvalue weighted by atomic mass is 10.1. The van der Waals surface area contributed by atoms with Gasteiger partial charge in [0.15, 0.2) is 0 Å². The van der Waals surface area contributed by atoms with E-state index < -0.39 is 12.1 Å². The van der Waals surface area contributed by atoms with Crippen molar-refractivity contribution in [2.24, 2.45) is 5.73 Å². The molecule has 0 radical (unpaired) electrons. The van der Waals surface area contributed by atoms with Gasteiger partial charge in [-0.2, -0.15) is 13.2 Å². The lowest BCUT2D eigenvalue weighted by Crippen LogP contribution is -2.42. The number of aromatic nitrogens is 1. The molecule has 6 nitrogen and oxygen atoms in total. The zero-order chi connectivity index (χ0) is 20.0. The first-order chi connectivity index (χ1) is 12.7. The van der Waals surface area contributed by atoms with Gasteiger partial charge in [-0.25, -0.2) is 9.78 Å². The molecule has 2 heterocycles. The van der Waals surface area contributed by atoms with Crippen molar-refractivity contribution in [3.8, 4) is 11.5 Å². The van der Waals surface area contributed by atoms with E-state index in [1.807, 2.05) is 24.3 Å². The molecule has 1 fully saturated rings. The van der Waals surface area contributed by atoms with Crippen LogP contribution in [0.3, 0.4) is 0 Å². The highest BCUT2D eigenvalue weighted by Gasteiger charge is 2.38. The molecular formula is C17H19BrF3N3O3. The van der Waals surface area contributed by atoms with Crippen molar-refractivity contribution in [1.29, 1.82) is 0 Å². The number of oxazole rings is 1. The van der Waals surface area contributed by atoms with Gasteiger partial charge in [-0.05, 0) is 47.4 Å². The molecule has 2 aromatic rings. The maximum atomic E-state index is 10.6. The number of rotatable bonds is 3. The van der Waals surface area contributed by atoms with Crippen LogP contribution in [0.4, 0.5) is 13.2 Å². The van der Waals surface area contributed by atoms with E-state index in [0.717, 1.165) is 48.2 Å². The molecule has 1 aliphatic heterocycles. The Bertz CT molecular complexity index is 767. The Kier molecular flexibility index (Phi) is 7.40. The molecule has 0 saturated carbocycles. The topological polar surface area (TPSA) is 92.6 Å². The number of hydrogen-bond donors (Lipinski definition) is 2. The molecule has 3 rings (SSSR count). The van der Waals surface area contributed by atoms with Crippen LogP contribution in [-0.4, -0.2) is 46.3 Å². The molecule has 0 amide bonds. The average Bonchev–Trinajstić information content (AvgIpc) is 3.03. The third-order valence-corrected chi connectivity index (χ3v) is 4.52. The molecule has 27 heavy (non-hydrogen) atoms. The Morgan fingerprint density at radius 2 is 2.07 bits per heavy atom.